The fourth-order valence-corrected chi connectivity index (χ4v) is 5.64. The third-order valence-electron chi connectivity index (χ3n) is 6.30. The summed E-state index contributed by atoms with van der Waals surface area (Å²) >= 11 is 12.4. The summed E-state index contributed by atoms with van der Waals surface area (Å²) in [6, 6.07) is 18.8. The molecule has 0 aliphatic carbocycles. The number of amides is 2. The summed E-state index contributed by atoms with van der Waals surface area (Å²) < 4.78 is 28.6. The highest BCUT2D eigenvalue weighted by Gasteiger charge is 2.32. The van der Waals surface area contributed by atoms with Gasteiger partial charge in [-0.2, -0.15) is 0 Å². The summed E-state index contributed by atoms with van der Waals surface area (Å²) in [5.74, 6) is -0.877. The Bertz CT molecular complexity index is 1380. The van der Waals surface area contributed by atoms with Crippen LogP contribution in [-0.2, 0) is 26.2 Å². The van der Waals surface area contributed by atoms with E-state index in [1.807, 2.05) is 13.8 Å². The lowest BCUT2D eigenvalue weighted by Crippen LogP contribution is -2.51. The van der Waals surface area contributed by atoms with Gasteiger partial charge in [-0.15, -0.1) is 0 Å². The minimum Gasteiger partial charge on any atom is -0.354 e. The molecule has 0 fully saturated rings. The van der Waals surface area contributed by atoms with E-state index in [-0.39, 0.29) is 17.3 Å². The Hall–Kier alpha value is -3.07. The number of aryl methyl sites for hydroxylation is 1. The van der Waals surface area contributed by atoms with Gasteiger partial charge < -0.3 is 10.2 Å². The molecule has 10 heteroatoms. The number of rotatable bonds is 12. The van der Waals surface area contributed by atoms with Crippen LogP contribution in [0.5, 0.6) is 0 Å². The first-order valence-corrected chi connectivity index (χ1v) is 14.9. The van der Waals surface area contributed by atoms with E-state index in [0.29, 0.717) is 27.8 Å². The normalized spacial score (nSPS) is 12.0. The quantitative estimate of drug-likeness (QED) is 0.269. The van der Waals surface area contributed by atoms with Gasteiger partial charge in [-0.05, 0) is 68.3 Å². The van der Waals surface area contributed by atoms with Crippen molar-refractivity contribution in [2.24, 2.45) is 0 Å². The number of nitrogens with zero attached hydrogens (tertiary/aromatic N) is 2. The molecule has 0 unspecified atom stereocenters. The van der Waals surface area contributed by atoms with Gasteiger partial charge in [0.2, 0.25) is 11.8 Å². The SMILES string of the molecule is CCCCNC(=O)[C@@H](C)N(Cc1ccccc1Cl)C(=O)CN(c1ccc(C)cc1)S(=O)(=O)c1ccc(Cl)cc1. The van der Waals surface area contributed by atoms with Crippen LogP contribution in [0.4, 0.5) is 5.69 Å². The van der Waals surface area contributed by atoms with E-state index in [9.17, 15) is 18.0 Å². The minimum atomic E-state index is -4.16. The van der Waals surface area contributed by atoms with Crippen molar-refractivity contribution < 1.29 is 18.0 Å². The average molecular weight is 591 g/mol. The highest BCUT2D eigenvalue weighted by Crippen LogP contribution is 2.26. The number of halogens is 2. The Balaban J connectivity index is 2.00. The molecule has 0 aromatic heterocycles. The van der Waals surface area contributed by atoms with Gasteiger partial charge in [-0.1, -0.05) is 72.4 Å². The largest absolute Gasteiger partial charge is 0.354 e. The molecule has 0 aliphatic rings. The Kier molecular flexibility index (Phi) is 10.8. The summed E-state index contributed by atoms with van der Waals surface area (Å²) in [7, 11) is -4.16. The van der Waals surface area contributed by atoms with Crippen molar-refractivity contribution in [2.45, 2.75) is 51.1 Å². The van der Waals surface area contributed by atoms with E-state index >= 15 is 0 Å². The van der Waals surface area contributed by atoms with Crippen molar-refractivity contribution in [1.82, 2.24) is 10.2 Å². The van der Waals surface area contributed by atoms with Gasteiger partial charge in [-0.25, -0.2) is 8.42 Å². The van der Waals surface area contributed by atoms with Gasteiger partial charge in [-0.3, -0.25) is 13.9 Å². The number of unbranched alkanes of at least 4 members (excludes halogenated alkanes) is 1. The third kappa shape index (κ3) is 7.97. The number of nitrogens with one attached hydrogen (secondary N) is 1. The number of hydrogen-bond acceptors (Lipinski definition) is 4. The zero-order valence-corrected chi connectivity index (χ0v) is 24.6. The van der Waals surface area contributed by atoms with Gasteiger partial charge in [0.05, 0.1) is 10.6 Å². The maximum absolute atomic E-state index is 13.9. The zero-order chi connectivity index (χ0) is 28.6. The number of hydrogen-bond donors (Lipinski definition) is 1. The molecule has 3 aromatic carbocycles. The van der Waals surface area contributed by atoms with Gasteiger partial charge in [0.1, 0.15) is 12.6 Å². The highest BCUT2D eigenvalue weighted by atomic mass is 35.5. The van der Waals surface area contributed by atoms with Crippen LogP contribution in [0.1, 0.15) is 37.8 Å². The maximum atomic E-state index is 13.9. The highest BCUT2D eigenvalue weighted by molar-refractivity contribution is 7.92. The lowest BCUT2D eigenvalue weighted by molar-refractivity contribution is -0.139. The van der Waals surface area contributed by atoms with E-state index in [1.54, 1.807) is 55.5 Å². The van der Waals surface area contributed by atoms with Crippen LogP contribution < -0.4 is 9.62 Å². The first kappa shape index (κ1) is 30.5. The number of benzene rings is 3. The van der Waals surface area contributed by atoms with E-state index in [4.69, 9.17) is 23.2 Å². The molecule has 39 heavy (non-hydrogen) atoms. The molecule has 1 atom stereocenters. The van der Waals surface area contributed by atoms with Crippen LogP contribution in [0, 0.1) is 6.92 Å². The molecule has 0 radical (unpaired) electrons. The zero-order valence-electron chi connectivity index (χ0n) is 22.2. The Morgan fingerprint density at radius 3 is 2.21 bits per heavy atom. The number of sulfonamides is 1. The monoisotopic (exact) mass is 589 g/mol. The molecule has 0 aliphatic heterocycles. The smallest absolute Gasteiger partial charge is 0.264 e. The van der Waals surface area contributed by atoms with Crippen LogP contribution in [0.25, 0.3) is 0 Å². The Morgan fingerprint density at radius 1 is 0.949 bits per heavy atom. The van der Waals surface area contributed by atoms with Crippen molar-refractivity contribution >= 4 is 50.7 Å². The maximum Gasteiger partial charge on any atom is 0.264 e. The summed E-state index contributed by atoms with van der Waals surface area (Å²) in [6.45, 7) is 5.52. The van der Waals surface area contributed by atoms with E-state index in [2.05, 4.69) is 5.32 Å². The van der Waals surface area contributed by atoms with E-state index in [0.717, 1.165) is 22.7 Å². The minimum absolute atomic E-state index is 0.0108. The van der Waals surface area contributed by atoms with E-state index in [1.165, 1.54) is 29.2 Å². The Morgan fingerprint density at radius 2 is 1.59 bits per heavy atom. The molecule has 0 heterocycles. The molecule has 1 N–H and O–H groups in total. The van der Waals surface area contributed by atoms with Crippen molar-refractivity contribution in [1.29, 1.82) is 0 Å². The van der Waals surface area contributed by atoms with Crippen molar-refractivity contribution in [3.63, 3.8) is 0 Å². The summed E-state index contributed by atoms with van der Waals surface area (Å²) in [5.41, 5.74) is 1.90. The molecular formula is C29H33Cl2N3O4S. The average Bonchev–Trinajstić information content (AvgIpc) is 2.91. The van der Waals surface area contributed by atoms with E-state index < -0.39 is 28.5 Å². The summed E-state index contributed by atoms with van der Waals surface area (Å²) in [5, 5.41) is 3.69. The number of carbonyl (C=O) groups excluding carboxylic acids is 2. The van der Waals surface area contributed by atoms with Gasteiger partial charge in [0, 0.05) is 23.1 Å². The van der Waals surface area contributed by atoms with Gasteiger partial charge in [0.15, 0.2) is 0 Å². The molecule has 3 aromatic rings. The lowest BCUT2D eigenvalue weighted by Gasteiger charge is -2.32. The molecular weight excluding hydrogens is 557 g/mol. The predicted octanol–water partition coefficient (Wildman–Crippen LogP) is 5.83. The molecule has 0 spiro atoms. The molecule has 0 saturated carbocycles. The fraction of sp³-hybridized carbons (Fsp3) is 0.310. The molecule has 3 rings (SSSR count). The first-order valence-electron chi connectivity index (χ1n) is 12.7. The second-order valence-corrected chi connectivity index (χ2v) is 11.9. The Labute approximate surface area is 240 Å². The summed E-state index contributed by atoms with van der Waals surface area (Å²) in [4.78, 5) is 28.2. The standard InChI is InChI=1S/C29H33Cl2N3O4S/c1-4-5-18-32-29(36)22(3)33(19-23-8-6-7-9-27(23)31)28(35)20-34(25-14-10-21(2)11-15-25)39(37,38)26-16-12-24(30)13-17-26/h6-17,22H,4-5,18-20H2,1-3H3,(H,32,36)/t22-/m1/s1. The van der Waals surface area contributed by atoms with Crippen LogP contribution >= 0.6 is 23.2 Å². The second kappa shape index (κ2) is 13.8. The topological polar surface area (TPSA) is 86.8 Å². The van der Waals surface area contributed by atoms with Gasteiger partial charge >= 0.3 is 0 Å². The lowest BCUT2D eigenvalue weighted by atomic mass is 10.1. The molecule has 208 valence electrons. The molecule has 0 bridgehead atoms. The van der Waals surface area contributed by atoms with Crippen LogP contribution in [-0.4, -0.2) is 44.3 Å². The van der Waals surface area contributed by atoms with Crippen molar-refractivity contribution in [2.75, 3.05) is 17.4 Å². The first-order chi connectivity index (χ1) is 18.5. The number of anilines is 1. The van der Waals surface area contributed by atoms with Crippen molar-refractivity contribution in [3.05, 3.63) is 94.0 Å². The molecule has 0 saturated heterocycles. The molecule has 7 nitrogen and oxygen atoms in total. The fourth-order valence-electron chi connectivity index (χ4n) is 3.90. The molecule has 2 amide bonds. The van der Waals surface area contributed by atoms with Crippen LogP contribution in [0.2, 0.25) is 10.0 Å². The summed E-state index contributed by atoms with van der Waals surface area (Å²) in [6.07, 6.45) is 1.71. The number of carbonyl (C=O) groups is 2. The third-order valence-corrected chi connectivity index (χ3v) is 8.71. The van der Waals surface area contributed by atoms with Crippen LogP contribution in [0.3, 0.4) is 0 Å². The second-order valence-electron chi connectivity index (χ2n) is 9.23. The van der Waals surface area contributed by atoms with Crippen molar-refractivity contribution in [3.8, 4) is 0 Å². The predicted molar refractivity (Wildman–Crippen MR) is 157 cm³/mol. The van der Waals surface area contributed by atoms with Gasteiger partial charge in [0.25, 0.3) is 10.0 Å². The van der Waals surface area contributed by atoms with Crippen LogP contribution in [0.15, 0.2) is 77.7 Å².